The minimum absolute atomic E-state index is 0. The van der Waals surface area contributed by atoms with Gasteiger partial charge in [0, 0.05) is 77.4 Å². The largest absolute Gasteiger partial charge is 0.368 e. The van der Waals surface area contributed by atoms with Gasteiger partial charge in [-0.05, 0) is 24.5 Å². The molecule has 8 nitrogen and oxygen atoms in total. The number of aromatic nitrogens is 2. The summed E-state index contributed by atoms with van der Waals surface area (Å²) in [6.07, 6.45) is 7.37. The Kier molecular flexibility index (Phi) is 9.40. The van der Waals surface area contributed by atoms with E-state index in [9.17, 15) is 4.79 Å². The zero-order chi connectivity index (χ0) is 22.3. The number of aliphatic imine (C=N–C) groups is 1. The Balaban J connectivity index is 0.00000306. The number of piperazine rings is 1. The van der Waals surface area contributed by atoms with Gasteiger partial charge < -0.3 is 24.6 Å². The van der Waals surface area contributed by atoms with Crippen molar-refractivity contribution >= 4 is 41.5 Å². The number of carbonyl (C=O) groups is 1. The standard InChI is InChI=1S/C24H35N7O.HI/c1-20-9-12-30(18-22(20)31-13-11-26-19-31)24(25-2)27-10-8-23(32)29-16-14-28(15-17-29)21-6-4-3-5-7-21;/h3-7,11,13,19-20,22H,8-10,12,14-18H2,1-2H3,(H,25,27);1H. The first-order chi connectivity index (χ1) is 15.7. The van der Waals surface area contributed by atoms with Crippen LogP contribution in [0.1, 0.15) is 25.8 Å². The van der Waals surface area contributed by atoms with Crippen molar-refractivity contribution in [1.29, 1.82) is 0 Å². The Labute approximate surface area is 214 Å². The molecule has 1 N–H and O–H groups in total. The summed E-state index contributed by atoms with van der Waals surface area (Å²) in [6, 6.07) is 10.8. The third-order valence-corrected chi connectivity index (χ3v) is 6.71. The minimum Gasteiger partial charge on any atom is -0.368 e. The lowest BCUT2D eigenvalue weighted by atomic mass is 9.93. The summed E-state index contributed by atoms with van der Waals surface area (Å²) in [5.41, 5.74) is 1.23. The van der Waals surface area contributed by atoms with Crippen LogP contribution in [0.25, 0.3) is 0 Å². The van der Waals surface area contributed by atoms with Crippen molar-refractivity contribution in [2.45, 2.75) is 25.8 Å². The van der Waals surface area contributed by atoms with Gasteiger partial charge >= 0.3 is 0 Å². The molecule has 1 aromatic carbocycles. The van der Waals surface area contributed by atoms with Crippen LogP contribution in [0, 0.1) is 5.92 Å². The van der Waals surface area contributed by atoms with Crippen LogP contribution in [0.15, 0.2) is 54.0 Å². The van der Waals surface area contributed by atoms with E-state index >= 15 is 0 Å². The van der Waals surface area contributed by atoms with E-state index in [0.29, 0.717) is 24.9 Å². The summed E-state index contributed by atoms with van der Waals surface area (Å²) in [6.45, 7) is 8.09. The molecule has 2 unspecified atom stereocenters. The van der Waals surface area contributed by atoms with Crippen LogP contribution in [-0.4, -0.2) is 84.1 Å². The van der Waals surface area contributed by atoms with E-state index in [2.05, 4.69) is 60.8 Å². The fourth-order valence-electron chi connectivity index (χ4n) is 4.72. The van der Waals surface area contributed by atoms with Crippen LogP contribution in [0.5, 0.6) is 0 Å². The number of rotatable bonds is 5. The summed E-state index contributed by atoms with van der Waals surface area (Å²) >= 11 is 0. The smallest absolute Gasteiger partial charge is 0.224 e. The minimum atomic E-state index is 0. The second-order valence-electron chi connectivity index (χ2n) is 8.72. The quantitative estimate of drug-likeness (QED) is 0.343. The van der Waals surface area contributed by atoms with Crippen molar-refractivity contribution in [3.8, 4) is 0 Å². The lowest BCUT2D eigenvalue weighted by molar-refractivity contribution is -0.131. The monoisotopic (exact) mass is 565 g/mol. The van der Waals surface area contributed by atoms with Crippen molar-refractivity contribution in [1.82, 2.24) is 24.7 Å². The molecule has 0 aliphatic carbocycles. The highest BCUT2D eigenvalue weighted by Gasteiger charge is 2.29. The number of hydrogen-bond donors (Lipinski definition) is 1. The van der Waals surface area contributed by atoms with Crippen molar-refractivity contribution in [2.75, 3.05) is 57.8 Å². The first-order valence-corrected chi connectivity index (χ1v) is 11.7. The van der Waals surface area contributed by atoms with Gasteiger partial charge in [-0.15, -0.1) is 24.0 Å². The van der Waals surface area contributed by atoms with E-state index in [4.69, 9.17) is 0 Å². The molecule has 2 saturated heterocycles. The van der Waals surface area contributed by atoms with E-state index in [1.54, 1.807) is 0 Å². The lowest BCUT2D eigenvalue weighted by Crippen LogP contribution is -2.51. The van der Waals surface area contributed by atoms with Gasteiger partial charge in [-0.25, -0.2) is 4.98 Å². The Bertz CT molecular complexity index is 881. The van der Waals surface area contributed by atoms with Crippen LogP contribution in [-0.2, 0) is 4.79 Å². The first-order valence-electron chi connectivity index (χ1n) is 11.7. The second kappa shape index (κ2) is 12.2. The number of guanidine groups is 1. The predicted octanol–water partition coefficient (Wildman–Crippen LogP) is 2.70. The van der Waals surface area contributed by atoms with Crippen LogP contribution in [0.3, 0.4) is 0 Å². The fourth-order valence-corrected chi connectivity index (χ4v) is 4.72. The Morgan fingerprint density at radius 1 is 1.12 bits per heavy atom. The molecular formula is C24H36IN7O. The topological polar surface area (TPSA) is 69.0 Å². The number of nitrogens with zero attached hydrogens (tertiary/aromatic N) is 6. The molecule has 2 fully saturated rings. The maximum absolute atomic E-state index is 12.7. The van der Waals surface area contributed by atoms with E-state index in [1.807, 2.05) is 36.7 Å². The average molecular weight is 566 g/mol. The molecule has 2 aliphatic rings. The third-order valence-electron chi connectivity index (χ3n) is 6.71. The maximum Gasteiger partial charge on any atom is 0.224 e. The number of benzene rings is 1. The molecule has 33 heavy (non-hydrogen) atoms. The molecule has 0 saturated carbocycles. The zero-order valence-corrected chi connectivity index (χ0v) is 22.0. The molecule has 2 atom stereocenters. The third kappa shape index (κ3) is 6.39. The van der Waals surface area contributed by atoms with Gasteiger partial charge in [0.05, 0.1) is 12.4 Å². The summed E-state index contributed by atoms with van der Waals surface area (Å²) in [5, 5.41) is 3.42. The van der Waals surface area contributed by atoms with E-state index in [1.165, 1.54) is 5.69 Å². The van der Waals surface area contributed by atoms with E-state index < -0.39 is 0 Å². The van der Waals surface area contributed by atoms with Gasteiger partial charge in [-0.3, -0.25) is 9.79 Å². The fraction of sp³-hybridized carbons (Fsp3) is 0.542. The number of anilines is 1. The number of para-hydroxylation sites is 1. The maximum atomic E-state index is 12.7. The molecule has 3 heterocycles. The van der Waals surface area contributed by atoms with Gasteiger partial charge in [0.25, 0.3) is 0 Å². The number of carbonyl (C=O) groups excluding carboxylic acids is 1. The molecule has 0 radical (unpaired) electrons. The first kappa shape index (κ1) is 25.3. The highest BCUT2D eigenvalue weighted by molar-refractivity contribution is 14.0. The number of likely N-dealkylation sites (tertiary alicyclic amines) is 1. The molecule has 4 rings (SSSR count). The number of nitrogens with one attached hydrogen (secondary N) is 1. The number of piperidine rings is 1. The molecule has 0 spiro atoms. The van der Waals surface area contributed by atoms with E-state index in [-0.39, 0.29) is 29.9 Å². The molecule has 2 aliphatic heterocycles. The number of amides is 1. The summed E-state index contributed by atoms with van der Waals surface area (Å²) in [5.74, 6) is 1.68. The van der Waals surface area contributed by atoms with Gasteiger partial charge in [-0.2, -0.15) is 0 Å². The van der Waals surface area contributed by atoms with Crippen molar-refractivity contribution in [3.05, 3.63) is 49.1 Å². The molecule has 180 valence electrons. The molecule has 1 amide bonds. The van der Waals surface area contributed by atoms with Gasteiger partial charge in [0.2, 0.25) is 5.91 Å². The highest BCUT2D eigenvalue weighted by Crippen LogP contribution is 2.27. The second-order valence-corrected chi connectivity index (χ2v) is 8.72. The molecule has 1 aromatic heterocycles. The normalized spacial score (nSPS) is 21.5. The van der Waals surface area contributed by atoms with Gasteiger partial charge in [-0.1, -0.05) is 25.1 Å². The number of hydrogen-bond acceptors (Lipinski definition) is 4. The molecule has 0 bridgehead atoms. The summed E-state index contributed by atoms with van der Waals surface area (Å²) < 4.78 is 2.20. The van der Waals surface area contributed by atoms with Crippen LogP contribution in [0.4, 0.5) is 5.69 Å². The van der Waals surface area contributed by atoms with Crippen LogP contribution >= 0.6 is 24.0 Å². The highest BCUT2D eigenvalue weighted by atomic mass is 127. The SMILES string of the molecule is CN=C(NCCC(=O)N1CCN(c2ccccc2)CC1)N1CCC(C)C(n2ccnc2)C1.I. The lowest BCUT2D eigenvalue weighted by Gasteiger charge is -2.39. The van der Waals surface area contributed by atoms with Crippen molar-refractivity contribution in [3.63, 3.8) is 0 Å². The number of halogens is 1. The van der Waals surface area contributed by atoms with Crippen molar-refractivity contribution < 1.29 is 4.79 Å². The Hall–Kier alpha value is -2.30. The summed E-state index contributed by atoms with van der Waals surface area (Å²) in [4.78, 5) is 28.1. The Morgan fingerprint density at radius 3 is 2.55 bits per heavy atom. The zero-order valence-electron chi connectivity index (χ0n) is 19.6. The van der Waals surface area contributed by atoms with Crippen LogP contribution in [0.2, 0.25) is 0 Å². The average Bonchev–Trinajstić information content (AvgIpc) is 3.38. The number of imidazole rings is 1. The van der Waals surface area contributed by atoms with Gasteiger partial charge in [0.1, 0.15) is 0 Å². The predicted molar refractivity (Wildman–Crippen MR) is 143 cm³/mol. The molecular weight excluding hydrogens is 529 g/mol. The van der Waals surface area contributed by atoms with E-state index in [0.717, 1.165) is 51.6 Å². The molecule has 9 heteroatoms. The Morgan fingerprint density at radius 2 is 1.88 bits per heavy atom. The molecule has 2 aromatic rings. The van der Waals surface area contributed by atoms with Crippen LogP contribution < -0.4 is 10.2 Å². The van der Waals surface area contributed by atoms with Crippen molar-refractivity contribution in [2.24, 2.45) is 10.9 Å². The van der Waals surface area contributed by atoms with Gasteiger partial charge in [0.15, 0.2) is 5.96 Å². The summed E-state index contributed by atoms with van der Waals surface area (Å²) in [7, 11) is 1.82.